The van der Waals surface area contributed by atoms with Crippen LogP contribution in [0.5, 0.6) is 0 Å². The molecule has 0 bridgehead atoms. The lowest BCUT2D eigenvalue weighted by Gasteiger charge is -2.09. The Kier molecular flexibility index (Phi) is 4.62. The third kappa shape index (κ3) is 3.71. The summed E-state index contributed by atoms with van der Waals surface area (Å²) in [5.41, 5.74) is 2.76. The number of rotatable bonds is 4. The standard InChI is InChI=1S/C14H12BrClN2O2/c1-9-2-3-14(13(16)4-9)17-8-10-5-11(15)7-12(6-10)18(19)20/h2-7,17H,8H2,1H3. The van der Waals surface area contributed by atoms with Crippen LogP contribution >= 0.6 is 27.5 Å². The first-order chi connectivity index (χ1) is 9.45. The lowest BCUT2D eigenvalue weighted by atomic mass is 10.2. The molecule has 0 amide bonds. The highest BCUT2D eigenvalue weighted by molar-refractivity contribution is 9.10. The summed E-state index contributed by atoms with van der Waals surface area (Å²) >= 11 is 9.40. The number of nitrogens with one attached hydrogen (secondary N) is 1. The van der Waals surface area contributed by atoms with Crippen LogP contribution in [-0.4, -0.2) is 4.92 Å². The van der Waals surface area contributed by atoms with Gasteiger partial charge < -0.3 is 5.32 Å². The van der Waals surface area contributed by atoms with Gasteiger partial charge >= 0.3 is 0 Å². The van der Waals surface area contributed by atoms with Crippen molar-refractivity contribution in [3.63, 3.8) is 0 Å². The van der Waals surface area contributed by atoms with Crippen molar-refractivity contribution in [2.24, 2.45) is 0 Å². The number of benzene rings is 2. The molecule has 0 heterocycles. The van der Waals surface area contributed by atoms with Gasteiger partial charge in [0.05, 0.1) is 15.6 Å². The minimum Gasteiger partial charge on any atom is -0.380 e. The summed E-state index contributed by atoms with van der Waals surface area (Å²) in [7, 11) is 0. The molecule has 0 radical (unpaired) electrons. The maximum absolute atomic E-state index is 10.8. The SMILES string of the molecule is Cc1ccc(NCc2cc(Br)cc([N+](=O)[O-])c2)c(Cl)c1. The molecule has 104 valence electrons. The Morgan fingerprint density at radius 3 is 2.70 bits per heavy atom. The summed E-state index contributed by atoms with van der Waals surface area (Å²) < 4.78 is 0.679. The lowest BCUT2D eigenvalue weighted by molar-refractivity contribution is -0.385. The van der Waals surface area contributed by atoms with Crippen molar-refractivity contribution in [3.05, 3.63) is 67.1 Å². The molecule has 0 aromatic heterocycles. The van der Waals surface area contributed by atoms with Crippen molar-refractivity contribution in [2.45, 2.75) is 13.5 Å². The second-order valence-electron chi connectivity index (χ2n) is 4.41. The van der Waals surface area contributed by atoms with E-state index >= 15 is 0 Å². The topological polar surface area (TPSA) is 55.2 Å². The predicted octanol–water partition coefficient (Wildman–Crippen LogP) is 4.93. The van der Waals surface area contributed by atoms with Crippen molar-refractivity contribution in [1.29, 1.82) is 0 Å². The van der Waals surface area contributed by atoms with Gasteiger partial charge in [-0.25, -0.2) is 0 Å². The van der Waals surface area contributed by atoms with Crippen LogP contribution in [0.15, 0.2) is 40.9 Å². The molecule has 20 heavy (non-hydrogen) atoms. The Bertz CT molecular complexity index is 662. The van der Waals surface area contributed by atoms with Crippen molar-refractivity contribution < 1.29 is 4.92 Å². The molecule has 0 aliphatic heterocycles. The first kappa shape index (κ1) is 14.8. The number of nitro groups is 1. The number of anilines is 1. The van der Waals surface area contributed by atoms with Gasteiger partial charge in [-0.2, -0.15) is 0 Å². The second kappa shape index (κ2) is 6.24. The average Bonchev–Trinajstić information content (AvgIpc) is 2.37. The zero-order valence-electron chi connectivity index (χ0n) is 10.7. The summed E-state index contributed by atoms with van der Waals surface area (Å²) in [6.45, 7) is 2.43. The molecule has 0 atom stereocenters. The fourth-order valence-corrected chi connectivity index (χ4v) is 2.63. The summed E-state index contributed by atoms with van der Waals surface area (Å²) in [6, 6.07) is 10.6. The fourth-order valence-electron chi connectivity index (χ4n) is 1.80. The van der Waals surface area contributed by atoms with Crippen molar-refractivity contribution in [3.8, 4) is 0 Å². The van der Waals surface area contributed by atoms with Crippen molar-refractivity contribution >= 4 is 38.9 Å². The van der Waals surface area contributed by atoms with Crippen LogP contribution in [0.3, 0.4) is 0 Å². The molecule has 2 rings (SSSR count). The van der Waals surface area contributed by atoms with E-state index in [2.05, 4.69) is 21.2 Å². The average molecular weight is 356 g/mol. The van der Waals surface area contributed by atoms with E-state index in [1.54, 1.807) is 6.07 Å². The maximum Gasteiger partial charge on any atom is 0.270 e. The van der Waals surface area contributed by atoms with Crippen LogP contribution in [0.4, 0.5) is 11.4 Å². The predicted molar refractivity (Wildman–Crippen MR) is 84.3 cm³/mol. The summed E-state index contributed by atoms with van der Waals surface area (Å²) in [5, 5.41) is 14.6. The largest absolute Gasteiger partial charge is 0.380 e. The van der Waals surface area contributed by atoms with Gasteiger partial charge in [0, 0.05) is 23.2 Å². The first-order valence-corrected chi connectivity index (χ1v) is 7.06. The minimum atomic E-state index is -0.410. The number of non-ortho nitro benzene ring substituents is 1. The smallest absolute Gasteiger partial charge is 0.270 e. The highest BCUT2D eigenvalue weighted by Crippen LogP contribution is 2.25. The molecule has 4 nitrogen and oxygen atoms in total. The molecule has 2 aromatic carbocycles. The second-order valence-corrected chi connectivity index (χ2v) is 5.73. The van der Waals surface area contributed by atoms with E-state index in [4.69, 9.17) is 11.6 Å². The Morgan fingerprint density at radius 2 is 2.05 bits per heavy atom. The maximum atomic E-state index is 10.8. The molecule has 0 saturated heterocycles. The third-order valence-electron chi connectivity index (χ3n) is 2.76. The Labute approximate surface area is 130 Å². The highest BCUT2D eigenvalue weighted by atomic mass is 79.9. The summed E-state index contributed by atoms with van der Waals surface area (Å²) in [4.78, 5) is 10.4. The first-order valence-electron chi connectivity index (χ1n) is 5.89. The molecule has 0 unspecified atom stereocenters. The normalized spacial score (nSPS) is 10.3. The molecule has 0 aliphatic carbocycles. The number of aryl methyl sites for hydroxylation is 1. The molecule has 0 spiro atoms. The summed E-state index contributed by atoms with van der Waals surface area (Å²) in [5.74, 6) is 0. The van der Waals surface area contributed by atoms with Gasteiger partial charge in [-0.3, -0.25) is 10.1 Å². The van der Waals surface area contributed by atoms with Crippen LogP contribution in [0, 0.1) is 17.0 Å². The Hall–Kier alpha value is -1.59. The zero-order chi connectivity index (χ0) is 14.7. The monoisotopic (exact) mass is 354 g/mol. The van der Waals surface area contributed by atoms with E-state index in [1.165, 1.54) is 6.07 Å². The molecule has 1 N–H and O–H groups in total. The number of nitro benzene ring substituents is 1. The van der Waals surface area contributed by atoms with Crippen molar-refractivity contribution in [2.75, 3.05) is 5.32 Å². The fraction of sp³-hybridized carbons (Fsp3) is 0.143. The van der Waals surface area contributed by atoms with Crippen molar-refractivity contribution in [1.82, 2.24) is 0 Å². The van der Waals surface area contributed by atoms with E-state index in [1.807, 2.05) is 31.2 Å². The minimum absolute atomic E-state index is 0.0613. The van der Waals surface area contributed by atoms with Crippen LogP contribution in [-0.2, 0) is 6.54 Å². The zero-order valence-corrected chi connectivity index (χ0v) is 13.0. The molecule has 0 fully saturated rings. The number of hydrogen-bond acceptors (Lipinski definition) is 3. The molecular weight excluding hydrogens is 344 g/mol. The van der Waals surface area contributed by atoms with Gasteiger partial charge in [-0.1, -0.05) is 33.6 Å². The molecular formula is C14H12BrClN2O2. The lowest BCUT2D eigenvalue weighted by Crippen LogP contribution is -2.01. The van der Waals surface area contributed by atoms with Crippen LogP contribution < -0.4 is 5.32 Å². The number of nitrogens with zero attached hydrogens (tertiary/aromatic N) is 1. The van der Waals surface area contributed by atoms with Gasteiger partial charge in [0.25, 0.3) is 5.69 Å². The van der Waals surface area contributed by atoms with E-state index in [-0.39, 0.29) is 5.69 Å². The molecule has 2 aromatic rings. The van der Waals surface area contributed by atoms with E-state index in [9.17, 15) is 10.1 Å². The van der Waals surface area contributed by atoms with E-state index in [0.29, 0.717) is 16.0 Å². The van der Waals surface area contributed by atoms with Crippen LogP contribution in [0.1, 0.15) is 11.1 Å². The van der Waals surface area contributed by atoms with Crippen LogP contribution in [0.2, 0.25) is 5.02 Å². The van der Waals surface area contributed by atoms with Gasteiger partial charge in [-0.05, 0) is 36.2 Å². The van der Waals surface area contributed by atoms with E-state index in [0.717, 1.165) is 16.8 Å². The van der Waals surface area contributed by atoms with Gasteiger partial charge in [0.15, 0.2) is 0 Å². The number of halogens is 2. The number of hydrogen-bond donors (Lipinski definition) is 1. The van der Waals surface area contributed by atoms with Crippen LogP contribution in [0.25, 0.3) is 0 Å². The highest BCUT2D eigenvalue weighted by Gasteiger charge is 2.09. The van der Waals surface area contributed by atoms with Gasteiger partial charge in [0.2, 0.25) is 0 Å². The Balaban J connectivity index is 2.16. The molecule has 0 aliphatic rings. The molecule has 0 saturated carbocycles. The van der Waals surface area contributed by atoms with Gasteiger partial charge in [-0.15, -0.1) is 0 Å². The molecule has 6 heteroatoms. The third-order valence-corrected chi connectivity index (χ3v) is 3.53. The quantitative estimate of drug-likeness (QED) is 0.625. The van der Waals surface area contributed by atoms with E-state index < -0.39 is 4.92 Å². The summed E-state index contributed by atoms with van der Waals surface area (Å²) in [6.07, 6.45) is 0. The Morgan fingerprint density at radius 1 is 1.30 bits per heavy atom. The van der Waals surface area contributed by atoms with Gasteiger partial charge in [0.1, 0.15) is 0 Å².